The van der Waals surface area contributed by atoms with Gasteiger partial charge in [0, 0.05) is 18.3 Å². The van der Waals surface area contributed by atoms with Gasteiger partial charge in [-0.25, -0.2) is 4.79 Å². The summed E-state index contributed by atoms with van der Waals surface area (Å²) in [4.78, 5) is 24.4. The zero-order valence-corrected chi connectivity index (χ0v) is 14.3. The van der Waals surface area contributed by atoms with Crippen molar-refractivity contribution in [1.29, 1.82) is 0 Å². The summed E-state index contributed by atoms with van der Waals surface area (Å²) in [7, 11) is 0. The van der Waals surface area contributed by atoms with Gasteiger partial charge in [0.2, 0.25) is 5.91 Å². The molecule has 3 amide bonds. The highest BCUT2D eigenvalue weighted by molar-refractivity contribution is 5.95. The van der Waals surface area contributed by atoms with Crippen LogP contribution in [0.2, 0.25) is 0 Å². The van der Waals surface area contributed by atoms with E-state index in [4.69, 9.17) is 5.73 Å². The largest absolute Gasteiger partial charge is 0.350 e. The van der Waals surface area contributed by atoms with Gasteiger partial charge in [-0.2, -0.15) is 0 Å². The van der Waals surface area contributed by atoms with Crippen molar-refractivity contribution in [2.24, 2.45) is 11.7 Å². The zero-order valence-electron chi connectivity index (χ0n) is 13.5. The summed E-state index contributed by atoms with van der Waals surface area (Å²) in [6, 6.07) is 8.66. The Morgan fingerprint density at radius 1 is 1.26 bits per heavy atom. The molecular weight excluding hydrogens is 316 g/mol. The number of halogens is 1. The molecule has 0 radical (unpaired) electrons. The molecule has 2 rings (SSSR count). The molecule has 128 valence electrons. The quantitative estimate of drug-likeness (QED) is 0.636. The number of nitrogens with two attached hydrogens (primary N) is 1. The number of carbonyl (C=O) groups excluding carboxylic acids is 2. The highest BCUT2D eigenvalue weighted by Gasteiger charge is 2.36. The van der Waals surface area contributed by atoms with E-state index in [1.165, 1.54) is 0 Å². The van der Waals surface area contributed by atoms with Gasteiger partial charge in [-0.1, -0.05) is 18.2 Å². The van der Waals surface area contributed by atoms with Crippen molar-refractivity contribution in [1.82, 2.24) is 10.6 Å². The van der Waals surface area contributed by atoms with Crippen molar-refractivity contribution in [3.05, 3.63) is 30.3 Å². The van der Waals surface area contributed by atoms with Crippen molar-refractivity contribution in [2.75, 3.05) is 11.9 Å². The van der Waals surface area contributed by atoms with Gasteiger partial charge >= 0.3 is 6.03 Å². The van der Waals surface area contributed by atoms with Crippen LogP contribution in [-0.4, -0.2) is 30.1 Å². The number of urea groups is 1. The maximum absolute atomic E-state index is 12.3. The summed E-state index contributed by atoms with van der Waals surface area (Å²) in [6.07, 6.45) is 2.20. The standard InChI is InChI=1S/C16H24N4O2.ClH/c1-16(2,14(21)19-13(10-17)11-8-9-11)20-15(22)18-12-6-4-3-5-7-12;/h3-7,11,13H,8-10,17H2,1-2H3,(H,19,21)(H2,18,20,22);1H. The Morgan fingerprint density at radius 3 is 2.39 bits per heavy atom. The highest BCUT2D eigenvalue weighted by Crippen LogP contribution is 2.32. The van der Waals surface area contributed by atoms with Gasteiger partial charge < -0.3 is 21.7 Å². The number of anilines is 1. The molecule has 1 fully saturated rings. The third-order valence-electron chi connectivity index (χ3n) is 3.79. The topological polar surface area (TPSA) is 96.2 Å². The fourth-order valence-electron chi connectivity index (χ4n) is 2.24. The first kappa shape index (κ1) is 19.3. The second kappa shape index (κ2) is 8.17. The minimum absolute atomic E-state index is 0. The van der Waals surface area contributed by atoms with E-state index >= 15 is 0 Å². The first-order chi connectivity index (χ1) is 10.4. The van der Waals surface area contributed by atoms with Gasteiger partial charge in [0.1, 0.15) is 5.54 Å². The number of hydrogen-bond acceptors (Lipinski definition) is 3. The lowest BCUT2D eigenvalue weighted by Gasteiger charge is -2.28. The SMILES string of the molecule is CC(C)(NC(=O)Nc1ccccc1)C(=O)NC(CN)C1CC1.Cl. The van der Waals surface area contributed by atoms with E-state index in [0.717, 1.165) is 12.8 Å². The molecule has 0 saturated heterocycles. The van der Waals surface area contributed by atoms with Crippen LogP contribution >= 0.6 is 12.4 Å². The first-order valence-electron chi connectivity index (χ1n) is 7.57. The van der Waals surface area contributed by atoms with E-state index in [1.54, 1.807) is 26.0 Å². The molecule has 0 aromatic heterocycles. The van der Waals surface area contributed by atoms with Gasteiger partial charge in [0.05, 0.1) is 0 Å². The Kier molecular flexibility index (Phi) is 6.84. The van der Waals surface area contributed by atoms with Gasteiger partial charge in [0.25, 0.3) is 0 Å². The smallest absolute Gasteiger partial charge is 0.320 e. The molecule has 23 heavy (non-hydrogen) atoms. The number of carbonyl (C=O) groups is 2. The van der Waals surface area contributed by atoms with Crippen LogP contribution < -0.4 is 21.7 Å². The molecule has 1 aliphatic carbocycles. The zero-order chi connectivity index (χ0) is 16.2. The van der Waals surface area contributed by atoms with Crippen molar-refractivity contribution in [3.63, 3.8) is 0 Å². The minimum atomic E-state index is -1.01. The number of amides is 3. The summed E-state index contributed by atoms with van der Waals surface area (Å²) in [6.45, 7) is 3.77. The van der Waals surface area contributed by atoms with E-state index < -0.39 is 11.6 Å². The predicted molar refractivity (Wildman–Crippen MR) is 93.6 cm³/mol. The monoisotopic (exact) mass is 340 g/mol. The molecule has 7 heteroatoms. The van der Waals surface area contributed by atoms with Crippen LogP contribution in [0.15, 0.2) is 30.3 Å². The number of para-hydroxylation sites is 1. The van der Waals surface area contributed by atoms with E-state index in [-0.39, 0.29) is 24.4 Å². The van der Waals surface area contributed by atoms with Crippen molar-refractivity contribution < 1.29 is 9.59 Å². The van der Waals surface area contributed by atoms with Gasteiger partial charge in [-0.3, -0.25) is 4.79 Å². The third kappa shape index (κ3) is 5.73. The van der Waals surface area contributed by atoms with Gasteiger partial charge in [-0.15, -0.1) is 12.4 Å². The molecule has 0 aliphatic heterocycles. The number of rotatable bonds is 6. The Labute approximate surface area is 143 Å². The molecule has 1 aromatic rings. The van der Waals surface area contributed by atoms with Gasteiger partial charge in [-0.05, 0) is 44.7 Å². The molecule has 0 bridgehead atoms. The Hall–Kier alpha value is -1.79. The van der Waals surface area contributed by atoms with E-state index in [1.807, 2.05) is 18.2 Å². The van der Waals surface area contributed by atoms with E-state index in [2.05, 4.69) is 16.0 Å². The number of hydrogen-bond donors (Lipinski definition) is 4. The molecule has 1 saturated carbocycles. The number of benzene rings is 1. The average Bonchev–Trinajstić information content (AvgIpc) is 3.29. The van der Waals surface area contributed by atoms with E-state index in [9.17, 15) is 9.59 Å². The summed E-state index contributed by atoms with van der Waals surface area (Å²) in [5, 5.41) is 8.32. The molecule has 0 spiro atoms. The summed E-state index contributed by atoms with van der Waals surface area (Å²) >= 11 is 0. The van der Waals surface area contributed by atoms with Crippen molar-refractivity contribution in [3.8, 4) is 0 Å². The molecular formula is C16H25ClN4O2. The fraction of sp³-hybridized carbons (Fsp3) is 0.500. The van der Waals surface area contributed by atoms with Gasteiger partial charge in [0.15, 0.2) is 0 Å². The Bertz CT molecular complexity index is 532. The van der Waals surface area contributed by atoms with E-state index in [0.29, 0.717) is 18.2 Å². The summed E-state index contributed by atoms with van der Waals surface area (Å²) in [5.74, 6) is 0.251. The average molecular weight is 341 g/mol. The lowest BCUT2D eigenvalue weighted by molar-refractivity contribution is -0.126. The van der Waals surface area contributed by atoms with Crippen molar-refractivity contribution in [2.45, 2.75) is 38.3 Å². The predicted octanol–water partition coefficient (Wildman–Crippen LogP) is 1.86. The molecule has 1 aliphatic rings. The minimum Gasteiger partial charge on any atom is -0.350 e. The molecule has 1 atom stereocenters. The van der Waals surface area contributed by atoms with Crippen LogP contribution in [0.3, 0.4) is 0 Å². The maximum atomic E-state index is 12.3. The van der Waals surface area contributed by atoms with Crippen LogP contribution in [-0.2, 0) is 4.79 Å². The summed E-state index contributed by atoms with van der Waals surface area (Å²) in [5.41, 5.74) is 5.36. The molecule has 6 nitrogen and oxygen atoms in total. The van der Waals surface area contributed by atoms with Crippen LogP contribution in [0.25, 0.3) is 0 Å². The number of nitrogens with one attached hydrogen (secondary N) is 3. The molecule has 1 aromatic carbocycles. The summed E-state index contributed by atoms with van der Waals surface area (Å²) < 4.78 is 0. The lowest BCUT2D eigenvalue weighted by atomic mass is 10.0. The second-order valence-electron chi connectivity index (χ2n) is 6.22. The van der Waals surface area contributed by atoms with Crippen LogP contribution in [0.5, 0.6) is 0 Å². The Morgan fingerprint density at radius 2 is 1.87 bits per heavy atom. The molecule has 0 heterocycles. The molecule has 5 N–H and O–H groups in total. The highest BCUT2D eigenvalue weighted by atomic mass is 35.5. The first-order valence-corrected chi connectivity index (χ1v) is 7.57. The van der Waals surface area contributed by atoms with Crippen LogP contribution in [0.1, 0.15) is 26.7 Å². The Balaban J connectivity index is 0.00000264. The van der Waals surface area contributed by atoms with Crippen LogP contribution in [0, 0.1) is 5.92 Å². The maximum Gasteiger partial charge on any atom is 0.320 e. The third-order valence-corrected chi connectivity index (χ3v) is 3.79. The lowest BCUT2D eigenvalue weighted by Crippen LogP contribution is -2.58. The normalized spacial score (nSPS) is 15.1. The van der Waals surface area contributed by atoms with Crippen LogP contribution in [0.4, 0.5) is 10.5 Å². The fourth-order valence-corrected chi connectivity index (χ4v) is 2.24. The molecule has 1 unspecified atom stereocenters. The van der Waals surface area contributed by atoms with Crippen molar-refractivity contribution >= 4 is 30.0 Å². The second-order valence-corrected chi connectivity index (χ2v) is 6.22.